The smallest absolute Gasteiger partial charge is 0.349 e. The Labute approximate surface area is 133 Å². The third-order valence-electron chi connectivity index (χ3n) is 2.91. The molecule has 22 heavy (non-hydrogen) atoms. The van der Waals surface area contributed by atoms with E-state index in [9.17, 15) is 13.2 Å². The fourth-order valence-electron chi connectivity index (χ4n) is 1.87. The van der Waals surface area contributed by atoms with Crippen LogP contribution in [0.3, 0.4) is 0 Å². The number of hydrogen-bond donors (Lipinski definition) is 2. The SMILES string of the molecule is COC(=O)c1sc2ccccc2c1S(=O)(=O)NCC(C)(C)N. The van der Waals surface area contributed by atoms with E-state index in [2.05, 4.69) is 4.72 Å². The maximum Gasteiger partial charge on any atom is 0.349 e. The molecule has 3 N–H and O–H groups in total. The number of ether oxygens (including phenoxy) is 1. The lowest BCUT2D eigenvalue weighted by atomic mass is 10.1. The van der Waals surface area contributed by atoms with Crippen LogP contribution in [0.1, 0.15) is 23.5 Å². The van der Waals surface area contributed by atoms with Gasteiger partial charge in [-0.25, -0.2) is 17.9 Å². The van der Waals surface area contributed by atoms with Gasteiger partial charge in [0.25, 0.3) is 0 Å². The van der Waals surface area contributed by atoms with Crippen molar-refractivity contribution < 1.29 is 17.9 Å². The molecule has 0 atom stereocenters. The summed E-state index contributed by atoms with van der Waals surface area (Å²) < 4.78 is 33.1. The lowest BCUT2D eigenvalue weighted by molar-refractivity contribution is 0.0602. The van der Waals surface area contributed by atoms with Crippen LogP contribution in [-0.4, -0.2) is 33.6 Å². The highest BCUT2D eigenvalue weighted by Gasteiger charge is 2.29. The minimum absolute atomic E-state index is 0.0517. The van der Waals surface area contributed by atoms with Gasteiger partial charge < -0.3 is 10.5 Å². The molecule has 1 aromatic heterocycles. The summed E-state index contributed by atoms with van der Waals surface area (Å²) in [5.41, 5.74) is 5.11. The predicted molar refractivity (Wildman–Crippen MR) is 86.6 cm³/mol. The van der Waals surface area contributed by atoms with E-state index in [1.807, 2.05) is 0 Å². The second kappa shape index (κ2) is 5.96. The van der Waals surface area contributed by atoms with Crippen molar-refractivity contribution in [2.75, 3.05) is 13.7 Å². The Morgan fingerprint density at radius 2 is 2.00 bits per heavy atom. The number of hydrogen-bond acceptors (Lipinski definition) is 6. The third-order valence-corrected chi connectivity index (χ3v) is 5.67. The first-order valence-corrected chi connectivity index (χ1v) is 8.84. The number of benzene rings is 1. The van der Waals surface area contributed by atoms with E-state index in [1.54, 1.807) is 38.1 Å². The van der Waals surface area contributed by atoms with E-state index < -0.39 is 21.5 Å². The second-order valence-corrected chi connectivity index (χ2v) is 8.32. The average Bonchev–Trinajstić information content (AvgIpc) is 2.84. The predicted octanol–water partition coefficient (Wildman–Crippen LogP) is 1.70. The number of fused-ring (bicyclic) bond motifs is 1. The van der Waals surface area contributed by atoms with Crippen LogP contribution >= 0.6 is 11.3 Å². The molecule has 2 aromatic rings. The molecule has 0 aliphatic carbocycles. The van der Waals surface area contributed by atoms with Gasteiger partial charge in [0.05, 0.1) is 7.11 Å². The summed E-state index contributed by atoms with van der Waals surface area (Å²) >= 11 is 1.09. The summed E-state index contributed by atoms with van der Waals surface area (Å²) in [6.45, 7) is 3.48. The normalized spacial score (nSPS) is 12.5. The van der Waals surface area contributed by atoms with Crippen molar-refractivity contribution in [1.29, 1.82) is 0 Å². The molecule has 120 valence electrons. The van der Waals surface area contributed by atoms with Gasteiger partial charge >= 0.3 is 5.97 Å². The molecule has 6 nitrogen and oxygen atoms in total. The highest BCUT2D eigenvalue weighted by molar-refractivity contribution is 7.90. The van der Waals surface area contributed by atoms with Crippen molar-refractivity contribution >= 4 is 37.4 Å². The number of nitrogens with one attached hydrogen (secondary N) is 1. The molecule has 0 saturated heterocycles. The number of esters is 1. The van der Waals surface area contributed by atoms with E-state index in [4.69, 9.17) is 10.5 Å². The van der Waals surface area contributed by atoms with Gasteiger partial charge in [0.15, 0.2) is 0 Å². The van der Waals surface area contributed by atoms with E-state index in [-0.39, 0.29) is 16.3 Å². The van der Waals surface area contributed by atoms with Gasteiger partial charge in [-0.05, 0) is 19.9 Å². The van der Waals surface area contributed by atoms with Gasteiger partial charge in [0.2, 0.25) is 10.0 Å². The minimum Gasteiger partial charge on any atom is -0.465 e. The highest BCUT2D eigenvalue weighted by atomic mass is 32.2. The zero-order chi connectivity index (χ0) is 16.5. The van der Waals surface area contributed by atoms with Crippen molar-refractivity contribution in [1.82, 2.24) is 4.72 Å². The summed E-state index contributed by atoms with van der Waals surface area (Å²) in [6.07, 6.45) is 0. The molecule has 0 aliphatic rings. The number of rotatable bonds is 5. The van der Waals surface area contributed by atoms with Gasteiger partial charge in [-0.3, -0.25) is 0 Å². The fourth-order valence-corrected chi connectivity index (χ4v) is 4.90. The van der Waals surface area contributed by atoms with Gasteiger partial charge in [-0.15, -0.1) is 11.3 Å². The Morgan fingerprint density at radius 1 is 1.36 bits per heavy atom. The Hall–Kier alpha value is -1.48. The van der Waals surface area contributed by atoms with Crippen LogP contribution in [0.25, 0.3) is 10.1 Å². The molecular formula is C14H18N2O4S2. The van der Waals surface area contributed by atoms with Crippen LogP contribution in [0.2, 0.25) is 0 Å². The molecule has 0 amide bonds. The first kappa shape index (κ1) is 16.9. The molecule has 0 aliphatic heterocycles. The van der Waals surface area contributed by atoms with Crippen LogP contribution in [0.4, 0.5) is 0 Å². The monoisotopic (exact) mass is 342 g/mol. The maximum absolute atomic E-state index is 12.6. The lowest BCUT2D eigenvalue weighted by Crippen LogP contribution is -2.45. The maximum atomic E-state index is 12.6. The zero-order valence-corrected chi connectivity index (χ0v) is 14.2. The number of carbonyl (C=O) groups excluding carboxylic acids is 1. The molecular weight excluding hydrogens is 324 g/mol. The van der Waals surface area contributed by atoms with Crippen LogP contribution in [0, 0.1) is 0 Å². The summed E-state index contributed by atoms with van der Waals surface area (Å²) in [4.78, 5) is 11.9. The minimum atomic E-state index is -3.88. The molecule has 8 heteroatoms. The van der Waals surface area contributed by atoms with Crippen LogP contribution < -0.4 is 10.5 Å². The molecule has 0 radical (unpaired) electrons. The summed E-state index contributed by atoms with van der Waals surface area (Å²) in [5.74, 6) is -0.673. The molecule has 0 spiro atoms. The van der Waals surface area contributed by atoms with Gasteiger partial charge in [-0.1, -0.05) is 18.2 Å². The molecule has 0 saturated carbocycles. The van der Waals surface area contributed by atoms with E-state index in [0.717, 1.165) is 11.3 Å². The summed E-state index contributed by atoms with van der Waals surface area (Å²) in [5, 5.41) is 0.496. The molecule has 1 aromatic carbocycles. The quantitative estimate of drug-likeness (QED) is 0.806. The Bertz CT molecular complexity index is 804. The lowest BCUT2D eigenvalue weighted by Gasteiger charge is -2.19. The molecule has 0 fully saturated rings. The first-order chi connectivity index (χ1) is 10.2. The Morgan fingerprint density at radius 3 is 2.59 bits per heavy atom. The number of sulfonamides is 1. The second-order valence-electron chi connectivity index (χ2n) is 5.56. The van der Waals surface area contributed by atoms with Crippen LogP contribution in [-0.2, 0) is 14.8 Å². The zero-order valence-electron chi connectivity index (χ0n) is 12.5. The number of nitrogens with two attached hydrogens (primary N) is 1. The Kier molecular flexibility index (Phi) is 4.57. The van der Waals surface area contributed by atoms with E-state index in [1.165, 1.54) is 7.11 Å². The number of thiophene rings is 1. The van der Waals surface area contributed by atoms with Gasteiger partial charge in [0, 0.05) is 22.2 Å². The van der Waals surface area contributed by atoms with Gasteiger partial charge in [0.1, 0.15) is 9.77 Å². The summed E-state index contributed by atoms with van der Waals surface area (Å²) in [7, 11) is -2.66. The van der Waals surface area contributed by atoms with Crippen molar-refractivity contribution in [3.8, 4) is 0 Å². The topological polar surface area (TPSA) is 98.5 Å². The van der Waals surface area contributed by atoms with Gasteiger partial charge in [-0.2, -0.15) is 0 Å². The standard InChI is InChI=1S/C14H18N2O4S2/c1-14(2,15)8-16-22(18,19)12-9-6-4-5-7-10(9)21-11(12)13(17)20-3/h4-7,16H,8,15H2,1-3H3. The van der Waals surface area contributed by atoms with Crippen molar-refractivity contribution in [2.24, 2.45) is 5.73 Å². The third kappa shape index (κ3) is 3.46. The van der Waals surface area contributed by atoms with E-state index in [0.29, 0.717) is 10.1 Å². The molecule has 2 rings (SSSR count). The fraction of sp³-hybridized carbons (Fsp3) is 0.357. The van der Waals surface area contributed by atoms with Crippen molar-refractivity contribution in [3.63, 3.8) is 0 Å². The first-order valence-electron chi connectivity index (χ1n) is 6.54. The Balaban J connectivity index is 2.59. The van der Waals surface area contributed by atoms with E-state index >= 15 is 0 Å². The van der Waals surface area contributed by atoms with Crippen molar-refractivity contribution in [3.05, 3.63) is 29.1 Å². The average molecular weight is 342 g/mol. The molecule has 1 heterocycles. The highest BCUT2D eigenvalue weighted by Crippen LogP contribution is 2.35. The number of methoxy groups -OCH3 is 1. The largest absolute Gasteiger partial charge is 0.465 e. The van der Waals surface area contributed by atoms with Crippen LogP contribution in [0.5, 0.6) is 0 Å². The number of carbonyl (C=O) groups is 1. The van der Waals surface area contributed by atoms with Crippen LogP contribution in [0.15, 0.2) is 29.2 Å². The summed E-state index contributed by atoms with van der Waals surface area (Å²) in [6, 6.07) is 6.94. The van der Waals surface area contributed by atoms with Crippen molar-refractivity contribution in [2.45, 2.75) is 24.3 Å². The molecule has 0 unspecified atom stereocenters. The molecule has 0 bridgehead atoms.